The third-order valence-electron chi connectivity index (χ3n) is 3.57. The highest BCUT2D eigenvalue weighted by atomic mass is 35.5. The summed E-state index contributed by atoms with van der Waals surface area (Å²) >= 11 is 11.2. The topological polar surface area (TPSA) is 46.5 Å². The lowest BCUT2D eigenvalue weighted by Gasteiger charge is -2.11. The predicted octanol–water partition coefficient (Wildman–Crippen LogP) is 3.36. The summed E-state index contributed by atoms with van der Waals surface area (Å²) in [6, 6.07) is 0. The molecule has 3 atom stereocenters. The summed E-state index contributed by atoms with van der Waals surface area (Å²) in [4.78, 5) is 12.1. The van der Waals surface area contributed by atoms with Crippen LogP contribution in [0.15, 0.2) is 22.5 Å². The Morgan fingerprint density at radius 1 is 1.57 bits per heavy atom. The first-order chi connectivity index (χ1) is 9.75. The van der Waals surface area contributed by atoms with Crippen LogP contribution in [0.1, 0.15) is 20.3 Å². The molecule has 0 spiro atoms. The number of hydrogen-bond acceptors (Lipinski definition) is 3. The van der Waals surface area contributed by atoms with Gasteiger partial charge < -0.3 is 9.84 Å². The molecule has 1 unspecified atom stereocenters. The molecule has 1 rings (SSSR count). The molecule has 0 amide bonds. The van der Waals surface area contributed by atoms with Gasteiger partial charge in [0.15, 0.2) is 0 Å². The minimum absolute atomic E-state index is 0.0749. The molecule has 6 heteroatoms. The molecule has 0 heterocycles. The Kier molecular flexibility index (Phi) is 6.27. The van der Waals surface area contributed by atoms with Crippen LogP contribution in [0.2, 0.25) is 0 Å². The third kappa shape index (κ3) is 4.47. The first-order valence-electron chi connectivity index (χ1n) is 6.41. The van der Waals surface area contributed by atoms with E-state index >= 15 is 0 Å². The highest BCUT2D eigenvalue weighted by Gasteiger charge is 2.62. The summed E-state index contributed by atoms with van der Waals surface area (Å²) in [5.41, 5.74) is -0.365. The van der Waals surface area contributed by atoms with Gasteiger partial charge in [0, 0.05) is 6.61 Å². The van der Waals surface area contributed by atoms with Gasteiger partial charge in [0.2, 0.25) is 6.10 Å². The molecule has 3 nitrogen and oxygen atoms in total. The van der Waals surface area contributed by atoms with E-state index in [1.807, 2.05) is 13.8 Å². The van der Waals surface area contributed by atoms with Gasteiger partial charge in [-0.05, 0) is 29.9 Å². The average molecular weight is 335 g/mol. The number of carbonyl (C=O) groups is 1. The zero-order valence-electron chi connectivity index (χ0n) is 11.8. The Labute approximate surface area is 133 Å². The minimum atomic E-state index is -1.38. The molecule has 0 bridgehead atoms. The number of halogens is 3. The first-order valence-corrected chi connectivity index (χ1v) is 7.17. The summed E-state index contributed by atoms with van der Waals surface area (Å²) in [5, 5.41) is 8.63. The van der Waals surface area contributed by atoms with Crippen molar-refractivity contribution in [1.29, 1.82) is 0 Å². The molecule has 1 N–H and O–H groups in total. The van der Waals surface area contributed by atoms with Crippen molar-refractivity contribution in [2.45, 2.75) is 26.4 Å². The van der Waals surface area contributed by atoms with Crippen molar-refractivity contribution in [2.75, 3.05) is 6.61 Å². The Morgan fingerprint density at radius 3 is 2.67 bits per heavy atom. The lowest BCUT2D eigenvalue weighted by molar-refractivity contribution is -0.148. The average Bonchev–Trinajstić information content (AvgIpc) is 2.93. The van der Waals surface area contributed by atoms with E-state index in [9.17, 15) is 9.18 Å². The summed E-state index contributed by atoms with van der Waals surface area (Å²) < 4.78 is 18.8. The molecule has 1 aliphatic rings. The van der Waals surface area contributed by atoms with Crippen LogP contribution in [-0.4, -0.2) is 23.8 Å². The second kappa shape index (κ2) is 7.31. The van der Waals surface area contributed by atoms with Crippen molar-refractivity contribution in [3.05, 3.63) is 22.5 Å². The number of aliphatic hydroxyl groups excluding tert-OH is 1. The molecule has 0 saturated heterocycles. The van der Waals surface area contributed by atoms with E-state index in [2.05, 4.69) is 5.92 Å². The normalized spacial score (nSPS) is 24.7. The lowest BCUT2D eigenvalue weighted by atomic mass is 10.1. The number of esters is 1. The predicted molar refractivity (Wildman–Crippen MR) is 80.2 cm³/mol. The highest BCUT2D eigenvalue weighted by molar-refractivity contribution is 6.55. The Bertz CT molecular complexity index is 502. The zero-order valence-corrected chi connectivity index (χ0v) is 13.3. The van der Waals surface area contributed by atoms with Crippen molar-refractivity contribution >= 4 is 29.2 Å². The molecular weight excluding hydrogens is 318 g/mol. The zero-order chi connectivity index (χ0) is 16.2. The highest BCUT2D eigenvalue weighted by Crippen LogP contribution is 2.60. The van der Waals surface area contributed by atoms with Crippen LogP contribution >= 0.6 is 23.2 Å². The molecule has 116 valence electrons. The van der Waals surface area contributed by atoms with Crippen molar-refractivity contribution in [2.24, 2.45) is 17.3 Å². The van der Waals surface area contributed by atoms with Gasteiger partial charge in [0.25, 0.3) is 0 Å². The van der Waals surface area contributed by atoms with Gasteiger partial charge in [0.1, 0.15) is 10.3 Å². The second-order valence-electron chi connectivity index (χ2n) is 5.37. The molecule has 1 fully saturated rings. The molecule has 1 aliphatic carbocycles. The monoisotopic (exact) mass is 334 g/mol. The Morgan fingerprint density at radius 2 is 2.19 bits per heavy atom. The van der Waals surface area contributed by atoms with E-state index in [1.165, 1.54) is 0 Å². The Hall–Kier alpha value is -1.02. The summed E-state index contributed by atoms with van der Waals surface area (Å²) in [7, 11) is 0. The van der Waals surface area contributed by atoms with Gasteiger partial charge >= 0.3 is 5.97 Å². The number of carbonyl (C=O) groups excluding carboxylic acids is 1. The largest absolute Gasteiger partial charge is 0.441 e. The summed E-state index contributed by atoms with van der Waals surface area (Å²) in [6.45, 7) is 3.51. The van der Waals surface area contributed by atoms with Gasteiger partial charge in [-0.25, -0.2) is 4.39 Å². The summed E-state index contributed by atoms with van der Waals surface area (Å²) in [6.07, 6.45) is 6.56. The smallest absolute Gasteiger partial charge is 0.311 e. The van der Waals surface area contributed by atoms with E-state index in [4.69, 9.17) is 39.5 Å². The molecule has 0 aliphatic heterocycles. The van der Waals surface area contributed by atoms with E-state index in [1.54, 1.807) is 6.08 Å². The number of hydrogen-bond donors (Lipinski definition) is 1. The van der Waals surface area contributed by atoms with Crippen molar-refractivity contribution in [3.8, 4) is 12.3 Å². The fourth-order valence-electron chi connectivity index (χ4n) is 2.24. The van der Waals surface area contributed by atoms with Gasteiger partial charge in [-0.1, -0.05) is 43.0 Å². The number of ether oxygens (including phenoxy) is 1. The minimum Gasteiger partial charge on any atom is -0.441 e. The van der Waals surface area contributed by atoms with Gasteiger partial charge in [0.05, 0.1) is 5.92 Å². The van der Waals surface area contributed by atoms with E-state index in [0.29, 0.717) is 0 Å². The quantitative estimate of drug-likeness (QED) is 0.598. The summed E-state index contributed by atoms with van der Waals surface area (Å²) in [5.74, 6) is 0.0824. The number of terminal acetylenes is 1. The molecular formula is C15H17Cl2FO3. The van der Waals surface area contributed by atoms with Crippen LogP contribution in [0, 0.1) is 29.6 Å². The molecule has 21 heavy (non-hydrogen) atoms. The maximum absolute atomic E-state index is 13.7. The van der Waals surface area contributed by atoms with Gasteiger partial charge in [-0.15, -0.1) is 6.42 Å². The molecule has 1 saturated carbocycles. The van der Waals surface area contributed by atoms with Crippen LogP contribution in [0.4, 0.5) is 4.39 Å². The SMILES string of the molecule is C#CC(OC(=O)[C@@H]1[C@@H](C=C(Cl)Cl)C1(C)C)C(F)=CCCO. The molecule has 0 aromatic rings. The second-order valence-corrected chi connectivity index (χ2v) is 6.37. The molecule has 0 aromatic heterocycles. The van der Waals surface area contributed by atoms with E-state index in [-0.39, 0.29) is 28.9 Å². The van der Waals surface area contributed by atoms with Crippen LogP contribution in [-0.2, 0) is 9.53 Å². The van der Waals surface area contributed by atoms with Crippen molar-refractivity contribution in [3.63, 3.8) is 0 Å². The van der Waals surface area contributed by atoms with Crippen LogP contribution in [0.3, 0.4) is 0 Å². The number of rotatable bonds is 6. The lowest BCUT2D eigenvalue weighted by Crippen LogP contribution is -2.20. The fourth-order valence-corrected chi connectivity index (χ4v) is 2.51. The van der Waals surface area contributed by atoms with Gasteiger partial charge in [-0.3, -0.25) is 4.79 Å². The standard InChI is InChI=1S/C15H17Cl2FO3/c1-4-11(10(18)6-5-7-19)21-14(20)13-9(8-12(16)17)15(13,2)3/h1,6,8-9,11,13,19H,5,7H2,2-3H3/t9-,11?,13+/m1/s1. The van der Waals surface area contributed by atoms with Crippen LogP contribution in [0.5, 0.6) is 0 Å². The number of allylic oxidation sites excluding steroid dienone is 1. The molecule has 0 radical (unpaired) electrons. The maximum atomic E-state index is 13.7. The third-order valence-corrected chi connectivity index (χ3v) is 3.83. The molecule has 0 aromatic carbocycles. The van der Waals surface area contributed by atoms with Crippen molar-refractivity contribution in [1.82, 2.24) is 0 Å². The maximum Gasteiger partial charge on any atom is 0.311 e. The van der Waals surface area contributed by atoms with E-state index < -0.39 is 23.8 Å². The first kappa shape index (κ1) is 18.0. The Balaban J connectivity index is 2.73. The van der Waals surface area contributed by atoms with Crippen LogP contribution in [0.25, 0.3) is 0 Å². The fraction of sp³-hybridized carbons (Fsp3) is 0.533. The van der Waals surface area contributed by atoms with Crippen LogP contribution < -0.4 is 0 Å². The number of aliphatic hydroxyl groups is 1. The van der Waals surface area contributed by atoms with E-state index in [0.717, 1.165) is 6.08 Å². The van der Waals surface area contributed by atoms with Crippen molar-refractivity contribution < 1.29 is 19.0 Å². The van der Waals surface area contributed by atoms with Gasteiger partial charge in [-0.2, -0.15) is 0 Å².